The van der Waals surface area contributed by atoms with Gasteiger partial charge in [0.25, 0.3) is 0 Å². The highest BCUT2D eigenvalue weighted by molar-refractivity contribution is 5.91. The maximum atomic E-state index is 12.1. The summed E-state index contributed by atoms with van der Waals surface area (Å²) in [6.45, 7) is 6.91. The summed E-state index contributed by atoms with van der Waals surface area (Å²) in [5.41, 5.74) is 2.78. The molecule has 0 aliphatic rings. The minimum Gasteiger partial charge on any atom is -0.495 e. The fourth-order valence-electron chi connectivity index (χ4n) is 2.17. The molecule has 2 amide bonds. The molecule has 6 heteroatoms. The van der Waals surface area contributed by atoms with Crippen LogP contribution in [0.2, 0.25) is 0 Å². The summed E-state index contributed by atoms with van der Waals surface area (Å²) in [7, 11) is 1.59. The average molecular weight is 316 g/mol. The predicted molar refractivity (Wildman–Crippen MR) is 91.0 cm³/mol. The third-order valence-corrected chi connectivity index (χ3v) is 3.55. The van der Waals surface area contributed by atoms with Crippen LogP contribution in [-0.4, -0.2) is 29.7 Å². The van der Waals surface area contributed by atoms with E-state index in [2.05, 4.69) is 41.4 Å². The second-order valence-corrected chi connectivity index (χ2v) is 6.37. The van der Waals surface area contributed by atoms with Crippen molar-refractivity contribution < 1.29 is 9.53 Å². The lowest BCUT2D eigenvalue weighted by atomic mass is 9.87. The average Bonchev–Trinajstić information content (AvgIpc) is 2.99. The number of nitrogens with one attached hydrogen (secondary N) is 3. The molecule has 0 aliphatic carbocycles. The van der Waals surface area contributed by atoms with Gasteiger partial charge in [0.1, 0.15) is 5.75 Å². The molecule has 0 saturated carbocycles. The molecule has 0 aliphatic heterocycles. The number of hydrogen-bond acceptors (Lipinski definition) is 3. The summed E-state index contributed by atoms with van der Waals surface area (Å²) < 4.78 is 5.32. The van der Waals surface area contributed by atoms with Crippen LogP contribution in [0.3, 0.4) is 0 Å². The van der Waals surface area contributed by atoms with Gasteiger partial charge in [-0.3, -0.25) is 0 Å². The van der Waals surface area contributed by atoms with E-state index in [0.717, 1.165) is 11.3 Å². The fraction of sp³-hybridized carbons (Fsp3) is 0.412. The van der Waals surface area contributed by atoms with Crippen LogP contribution in [-0.2, 0) is 11.8 Å². The van der Waals surface area contributed by atoms with E-state index in [1.165, 1.54) is 0 Å². The molecule has 3 N–H and O–H groups in total. The van der Waals surface area contributed by atoms with Crippen LogP contribution in [0.1, 0.15) is 32.0 Å². The molecule has 0 fully saturated rings. The first-order chi connectivity index (χ1) is 10.9. The standard InChI is InChI=1S/C17H24N4O2/c1-17(2,3)12-5-6-15(23-4)14(9-12)21-16(22)19-8-7-13-10-18-11-20-13/h5-6,9-11H,7-8H2,1-4H3,(H,18,20)(H2,19,21,22). The van der Waals surface area contributed by atoms with Gasteiger partial charge in [0, 0.05) is 24.9 Å². The van der Waals surface area contributed by atoms with E-state index in [1.807, 2.05) is 18.2 Å². The number of carbonyl (C=O) groups excluding carboxylic acids is 1. The SMILES string of the molecule is COc1ccc(C(C)(C)C)cc1NC(=O)NCCc1cnc[nH]1. The van der Waals surface area contributed by atoms with E-state index in [0.29, 0.717) is 24.4 Å². The smallest absolute Gasteiger partial charge is 0.319 e. The van der Waals surface area contributed by atoms with Crippen LogP contribution in [0.15, 0.2) is 30.7 Å². The summed E-state index contributed by atoms with van der Waals surface area (Å²) in [6.07, 6.45) is 4.07. The lowest BCUT2D eigenvalue weighted by Crippen LogP contribution is -2.30. The second kappa shape index (κ2) is 7.17. The highest BCUT2D eigenvalue weighted by Crippen LogP contribution is 2.31. The van der Waals surface area contributed by atoms with Gasteiger partial charge in [-0.2, -0.15) is 0 Å². The highest BCUT2D eigenvalue weighted by atomic mass is 16.5. The Morgan fingerprint density at radius 2 is 2.13 bits per heavy atom. The first-order valence-electron chi connectivity index (χ1n) is 7.61. The Morgan fingerprint density at radius 3 is 2.74 bits per heavy atom. The van der Waals surface area contributed by atoms with Crippen LogP contribution < -0.4 is 15.4 Å². The maximum Gasteiger partial charge on any atom is 0.319 e. The van der Waals surface area contributed by atoms with Gasteiger partial charge >= 0.3 is 6.03 Å². The Kier molecular flexibility index (Phi) is 5.26. The second-order valence-electron chi connectivity index (χ2n) is 6.37. The van der Waals surface area contributed by atoms with Crippen molar-refractivity contribution in [2.75, 3.05) is 19.0 Å². The maximum absolute atomic E-state index is 12.1. The number of hydrogen-bond donors (Lipinski definition) is 3. The van der Waals surface area contributed by atoms with E-state index in [1.54, 1.807) is 19.6 Å². The molecule has 0 atom stereocenters. The summed E-state index contributed by atoms with van der Waals surface area (Å²) in [4.78, 5) is 19.0. The Balaban J connectivity index is 1.98. The van der Waals surface area contributed by atoms with Crippen LogP contribution in [0.5, 0.6) is 5.75 Å². The number of imidazole rings is 1. The number of methoxy groups -OCH3 is 1. The van der Waals surface area contributed by atoms with Crippen molar-refractivity contribution in [2.24, 2.45) is 0 Å². The van der Waals surface area contributed by atoms with Gasteiger partial charge in [-0.25, -0.2) is 9.78 Å². The zero-order valence-corrected chi connectivity index (χ0v) is 14.1. The molecule has 6 nitrogen and oxygen atoms in total. The van der Waals surface area contributed by atoms with Gasteiger partial charge in [-0.15, -0.1) is 0 Å². The fourth-order valence-corrected chi connectivity index (χ4v) is 2.17. The molecule has 0 unspecified atom stereocenters. The minimum atomic E-state index is -0.256. The first-order valence-corrected chi connectivity index (χ1v) is 7.61. The number of rotatable bonds is 5. The van der Waals surface area contributed by atoms with Crippen molar-refractivity contribution >= 4 is 11.7 Å². The number of H-pyrrole nitrogens is 1. The minimum absolute atomic E-state index is 0.000203. The summed E-state index contributed by atoms with van der Waals surface area (Å²) >= 11 is 0. The van der Waals surface area contributed by atoms with Crippen LogP contribution in [0.25, 0.3) is 0 Å². The lowest BCUT2D eigenvalue weighted by Gasteiger charge is -2.21. The van der Waals surface area contributed by atoms with E-state index < -0.39 is 0 Å². The number of aromatic amines is 1. The molecule has 0 radical (unpaired) electrons. The molecule has 2 aromatic rings. The monoisotopic (exact) mass is 316 g/mol. The molecular weight excluding hydrogens is 292 g/mol. The Bertz CT molecular complexity index is 645. The zero-order valence-electron chi connectivity index (χ0n) is 14.1. The van der Waals surface area contributed by atoms with Crippen molar-refractivity contribution in [3.63, 3.8) is 0 Å². The van der Waals surface area contributed by atoms with Crippen LogP contribution >= 0.6 is 0 Å². The molecule has 23 heavy (non-hydrogen) atoms. The summed E-state index contributed by atoms with van der Waals surface area (Å²) in [5, 5.41) is 5.68. The van der Waals surface area contributed by atoms with Gasteiger partial charge in [0.05, 0.1) is 19.1 Å². The predicted octanol–water partition coefficient (Wildman–Crippen LogP) is 3.08. The highest BCUT2D eigenvalue weighted by Gasteiger charge is 2.16. The molecule has 1 aromatic carbocycles. The Hall–Kier alpha value is -2.50. The quantitative estimate of drug-likeness (QED) is 0.793. The number of urea groups is 1. The van der Waals surface area contributed by atoms with E-state index in [9.17, 15) is 4.79 Å². The van der Waals surface area contributed by atoms with E-state index in [4.69, 9.17) is 4.74 Å². The molecule has 124 valence electrons. The van der Waals surface area contributed by atoms with Crippen molar-refractivity contribution in [3.05, 3.63) is 42.0 Å². The first kappa shape index (κ1) is 16.9. The van der Waals surface area contributed by atoms with Crippen molar-refractivity contribution in [1.82, 2.24) is 15.3 Å². The summed E-state index contributed by atoms with van der Waals surface area (Å²) in [5.74, 6) is 0.640. The van der Waals surface area contributed by atoms with Crippen molar-refractivity contribution in [3.8, 4) is 5.75 Å². The number of nitrogens with zero attached hydrogens (tertiary/aromatic N) is 1. The molecule has 0 saturated heterocycles. The molecule has 1 heterocycles. The molecule has 2 rings (SSSR count). The lowest BCUT2D eigenvalue weighted by molar-refractivity contribution is 0.252. The molecule has 1 aromatic heterocycles. The topological polar surface area (TPSA) is 79.0 Å². The Labute approximate surface area is 136 Å². The normalized spacial score (nSPS) is 11.1. The number of amides is 2. The molecule has 0 bridgehead atoms. The number of benzene rings is 1. The van der Waals surface area contributed by atoms with Gasteiger partial charge in [0.15, 0.2) is 0 Å². The number of carbonyl (C=O) groups is 1. The van der Waals surface area contributed by atoms with Gasteiger partial charge in [-0.05, 0) is 23.1 Å². The third kappa shape index (κ3) is 4.74. The van der Waals surface area contributed by atoms with E-state index >= 15 is 0 Å². The summed E-state index contributed by atoms with van der Waals surface area (Å²) in [6, 6.07) is 5.59. The third-order valence-electron chi connectivity index (χ3n) is 3.55. The van der Waals surface area contributed by atoms with Gasteiger partial charge in [0.2, 0.25) is 0 Å². The van der Waals surface area contributed by atoms with E-state index in [-0.39, 0.29) is 11.4 Å². The largest absolute Gasteiger partial charge is 0.495 e. The molecule has 0 spiro atoms. The van der Waals surface area contributed by atoms with Crippen LogP contribution in [0.4, 0.5) is 10.5 Å². The number of aromatic nitrogens is 2. The number of anilines is 1. The van der Waals surface area contributed by atoms with Crippen molar-refractivity contribution in [1.29, 1.82) is 0 Å². The Morgan fingerprint density at radius 1 is 1.35 bits per heavy atom. The van der Waals surface area contributed by atoms with Gasteiger partial charge in [-0.1, -0.05) is 26.8 Å². The van der Waals surface area contributed by atoms with Crippen molar-refractivity contribution in [2.45, 2.75) is 32.6 Å². The zero-order chi connectivity index (χ0) is 16.9. The van der Waals surface area contributed by atoms with Gasteiger partial charge < -0.3 is 20.4 Å². The molecular formula is C17H24N4O2. The van der Waals surface area contributed by atoms with Crippen LogP contribution in [0, 0.1) is 0 Å². The number of ether oxygens (including phenoxy) is 1.